The first-order chi connectivity index (χ1) is 16.6. The van der Waals surface area contributed by atoms with Crippen LogP contribution in [0.25, 0.3) is 11.0 Å². The Bertz CT molecular complexity index is 1220. The number of fused-ring (bicyclic) bond motifs is 1. The van der Waals surface area contributed by atoms with Crippen LogP contribution < -0.4 is 10.1 Å². The van der Waals surface area contributed by atoms with Crippen LogP contribution in [-0.2, 0) is 13.0 Å². The topological polar surface area (TPSA) is 56.1 Å². The van der Waals surface area contributed by atoms with E-state index in [9.17, 15) is 9.18 Å². The van der Waals surface area contributed by atoms with E-state index in [1.807, 2.05) is 30.3 Å². The van der Waals surface area contributed by atoms with E-state index in [-0.39, 0.29) is 11.7 Å². The van der Waals surface area contributed by atoms with Gasteiger partial charge >= 0.3 is 0 Å². The van der Waals surface area contributed by atoms with Crippen LogP contribution in [0.2, 0.25) is 0 Å². The summed E-state index contributed by atoms with van der Waals surface area (Å²) in [4.78, 5) is 17.1. The van der Waals surface area contributed by atoms with Gasteiger partial charge in [0.2, 0.25) is 0 Å². The number of nitrogens with zero attached hydrogens (tertiary/aromatic N) is 2. The average Bonchev–Trinajstić information content (AvgIpc) is 3.20. The number of hydrogen-bond donors (Lipinski definition) is 1. The number of carbonyl (C=O) groups is 1. The molecule has 0 unspecified atom stereocenters. The number of para-hydroxylation sites is 2. The van der Waals surface area contributed by atoms with Gasteiger partial charge in [0.1, 0.15) is 17.4 Å². The van der Waals surface area contributed by atoms with E-state index in [2.05, 4.69) is 35.0 Å². The highest BCUT2D eigenvalue weighted by atomic mass is 19.1. The Balaban J connectivity index is 1.28. The molecule has 0 radical (unpaired) electrons. The lowest BCUT2D eigenvalue weighted by Crippen LogP contribution is -2.25. The van der Waals surface area contributed by atoms with Crippen molar-refractivity contribution in [2.24, 2.45) is 0 Å². The van der Waals surface area contributed by atoms with Crippen LogP contribution in [0.15, 0.2) is 72.8 Å². The summed E-state index contributed by atoms with van der Waals surface area (Å²) in [5.74, 6) is 1.39. The number of rotatable bonds is 11. The number of amides is 1. The Hall–Kier alpha value is -3.67. The number of hydrogen-bond acceptors (Lipinski definition) is 3. The van der Waals surface area contributed by atoms with Crippen LogP contribution in [0, 0.1) is 12.7 Å². The van der Waals surface area contributed by atoms with Gasteiger partial charge in [-0.05, 0) is 74.7 Å². The molecule has 5 nitrogen and oxygen atoms in total. The SMILES string of the molecule is Cc1ccc(OCCCCn2c(CCCNC(=O)c3ccc(F)cc3)nc3ccccc32)cc1. The Morgan fingerprint density at radius 1 is 0.971 bits per heavy atom. The number of benzene rings is 3. The summed E-state index contributed by atoms with van der Waals surface area (Å²) < 4.78 is 21.2. The number of unbranched alkanes of at least 4 members (excludes halogenated alkanes) is 1. The van der Waals surface area contributed by atoms with Gasteiger partial charge < -0.3 is 14.6 Å². The predicted molar refractivity (Wildman–Crippen MR) is 133 cm³/mol. The lowest BCUT2D eigenvalue weighted by molar-refractivity contribution is 0.0953. The summed E-state index contributed by atoms with van der Waals surface area (Å²) in [5.41, 5.74) is 3.81. The van der Waals surface area contributed by atoms with Gasteiger partial charge in [-0.3, -0.25) is 4.79 Å². The molecule has 4 rings (SSSR count). The predicted octanol–water partition coefficient (Wildman–Crippen LogP) is 5.71. The van der Waals surface area contributed by atoms with Crippen molar-refractivity contribution >= 4 is 16.9 Å². The third-order valence-electron chi connectivity index (χ3n) is 5.77. The van der Waals surface area contributed by atoms with E-state index in [1.54, 1.807) is 0 Å². The van der Waals surface area contributed by atoms with Crippen LogP contribution in [0.4, 0.5) is 4.39 Å². The summed E-state index contributed by atoms with van der Waals surface area (Å²) in [7, 11) is 0. The Kier molecular flexibility index (Phi) is 7.91. The Morgan fingerprint density at radius 3 is 2.53 bits per heavy atom. The Labute approximate surface area is 199 Å². The molecule has 1 aromatic heterocycles. The fourth-order valence-corrected chi connectivity index (χ4v) is 3.91. The van der Waals surface area contributed by atoms with Crippen LogP contribution in [0.3, 0.4) is 0 Å². The van der Waals surface area contributed by atoms with Crippen molar-refractivity contribution < 1.29 is 13.9 Å². The van der Waals surface area contributed by atoms with Crippen LogP contribution in [0.5, 0.6) is 5.75 Å². The summed E-state index contributed by atoms with van der Waals surface area (Å²) in [6.07, 6.45) is 3.47. The van der Waals surface area contributed by atoms with Crippen molar-refractivity contribution in [1.29, 1.82) is 0 Å². The third-order valence-corrected chi connectivity index (χ3v) is 5.77. The molecule has 1 amide bonds. The van der Waals surface area contributed by atoms with E-state index in [0.29, 0.717) is 18.7 Å². The van der Waals surface area contributed by atoms with E-state index in [0.717, 1.165) is 54.8 Å². The zero-order chi connectivity index (χ0) is 23.8. The lowest BCUT2D eigenvalue weighted by Gasteiger charge is -2.11. The Morgan fingerprint density at radius 2 is 1.74 bits per heavy atom. The molecule has 0 saturated heterocycles. The zero-order valence-electron chi connectivity index (χ0n) is 19.5. The van der Waals surface area contributed by atoms with Crippen LogP contribution in [0.1, 0.15) is 41.0 Å². The minimum Gasteiger partial charge on any atom is -0.494 e. The minimum absolute atomic E-state index is 0.193. The van der Waals surface area contributed by atoms with Gasteiger partial charge in [-0.15, -0.1) is 0 Å². The standard InChI is InChI=1S/C28H30FN3O2/c1-21-10-16-24(17-11-21)34-20-5-4-19-32-26-8-3-2-7-25(26)31-27(32)9-6-18-30-28(33)22-12-14-23(29)15-13-22/h2-3,7-8,10-17H,4-6,9,18-20H2,1H3,(H,30,33). The summed E-state index contributed by atoms with van der Waals surface area (Å²) in [6.45, 7) is 4.15. The molecule has 1 N–H and O–H groups in total. The van der Waals surface area contributed by atoms with E-state index >= 15 is 0 Å². The van der Waals surface area contributed by atoms with E-state index in [1.165, 1.54) is 29.8 Å². The average molecular weight is 460 g/mol. The fraction of sp³-hybridized carbons (Fsp3) is 0.286. The summed E-state index contributed by atoms with van der Waals surface area (Å²) in [6, 6.07) is 21.9. The molecule has 6 heteroatoms. The number of nitrogens with one attached hydrogen (secondary N) is 1. The molecule has 0 atom stereocenters. The van der Waals surface area contributed by atoms with Gasteiger partial charge in [0, 0.05) is 25.1 Å². The van der Waals surface area contributed by atoms with Crippen molar-refractivity contribution in [2.75, 3.05) is 13.2 Å². The second kappa shape index (κ2) is 11.5. The van der Waals surface area contributed by atoms with Crippen molar-refractivity contribution in [2.45, 2.75) is 39.2 Å². The number of aromatic nitrogens is 2. The monoisotopic (exact) mass is 459 g/mol. The molecule has 0 aliphatic heterocycles. The number of imidazole rings is 1. The molecule has 1 heterocycles. The highest BCUT2D eigenvalue weighted by Crippen LogP contribution is 2.18. The molecule has 34 heavy (non-hydrogen) atoms. The summed E-state index contributed by atoms with van der Waals surface area (Å²) in [5, 5.41) is 2.91. The molecule has 0 aliphatic carbocycles. The van der Waals surface area contributed by atoms with Crippen molar-refractivity contribution in [3.8, 4) is 5.75 Å². The van der Waals surface area contributed by atoms with Crippen molar-refractivity contribution in [1.82, 2.24) is 14.9 Å². The molecule has 176 valence electrons. The number of halogens is 1. The first kappa shape index (κ1) is 23.5. The quantitative estimate of drug-likeness (QED) is 0.293. The maximum atomic E-state index is 13.0. The van der Waals surface area contributed by atoms with Crippen LogP contribution in [-0.4, -0.2) is 28.6 Å². The molecule has 0 bridgehead atoms. The maximum Gasteiger partial charge on any atom is 0.251 e. The van der Waals surface area contributed by atoms with Gasteiger partial charge in [-0.2, -0.15) is 0 Å². The first-order valence-electron chi connectivity index (χ1n) is 11.8. The largest absolute Gasteiger partial charge is 0.494 e. The molecule has 4 aromatic rings. The number of aryl methyl sites for hydroxylation is 3. The van der Waals surface area contributed by atoms with E-state index in [4.69, 9.17) is 9.72 Å². The maximum absolute atomic E-state index is 13.0. The molecular formula is C28H30FN3O2. The second-order valence-corrected chi connectivity index (χ2v) is 8.40. The van der Waals surface area contributed by atoms with Crippen LogP contribution >= 0.6 is 0 Å². The van der Waals surface area contributed by atoms with Crippen molar-refractivity contribution in [3.05, 3.63) is 95.6 Å². The second-order valence-electron chi connectivity index (χ2n) is 8.40. The smallest absolute Gasteiger partial charge is 0.251 e. The van der Waals surface area contributed by atoms with Gasteiger partial charge in [0.25, 0.3) is 5.91 Å². The summed E-state index contributed by atoms with van der Waals surface area (Å²) >= 11 is 0. The molecule has 0 saturated carbocycles. The van der Waals surface area contributed by atoms with Crippen molar-refractivity contribution in [3.63, 3.8) is 0 Å². The van der Waals surface area contributed by atoms with E-state index < -0.39 is 0 Å². The molecular weight excluding hydrogens is 429 g/mol. The van der Waals surface area contributed by atoms with Gasteiger partial charge in [0.15, 0.2) is 0 Å². The number of ether oxygens (including phenoxy) is 1. The molecule has 0 fully saturated rings. The minimum atomic E-state index is -0.350. The lowest BCUT2D eigenvalue weighted by atomic mass is 10.2. The van der Waals surface area contributed by atoms with Gasteiger partial charge in [-0.25, -0.2) is 9.37 Å². The highest BCUT2D eigenvalue weighted by Gasteiger charge is 2.11. The molecule has 0 aliphatic rings. The molecule has 0 spiro atoms. The normalized spacial score (nSPS) is 11.0. The van der Waals surface area contributed by atoms with Gasteiger partial charge in [0.05, 0.1) is 17.6 Å². The zero-order valence-corrected chi connectivity index (χ0v) is 19.5. The number of carbonyl (C=O) groups excluding carboxylic acids is 1. The molecule has 3 aromatic carbocycles. The first-order valence-corrected chi connectivity index (χ1v) is 11.8. The fourth-order valence-electron chi connectivity index (χ4n) is 3.91. The van der Waals surface area contributed by atoms with Gasteiger partial charge in [-0.1, -0.05) is 29.8 Å². The highest BCUT2D eigenvalue weighted by molar-refractivity contribution is 5.94. The third kappa shape index (κ3) is 6.22.